The topological polar surface area (TPSA) is 80.2 Å². The van der Waals surface area contributed by atoms with Crippen molar-refractivity contribution in [2.24, 2.45) is 0 Å². The van der Waals surface area contributed by atoms with Gasteiger partial charge in [-0.15, -0.1) is 0 Å². The van der Waals surface area contributed by atoms with E-state index in [0.717, 1.165) is 25.4 Å². The molecule has 0 bridgehead atoms. The van der Waals surface area contributed by atoms with Crippen LogP contribution < -0.4 is 4.31 Å². The zero-order chi connectivity index (χ0) is 23.1. The number of hydrogen-bond donors (Lipinski definition) is 0. The summed E-state index contributed by atoms with van der Waals surface area (Å²) in [6.07, 6.45) is 1.04. The Morgan fingerprint density at radius 2 is 1.88 bits per heavy atom. The molecule has 6 nitrogen and oxygen atoms in total. The summed E-state index contributed by atoms with van der Waals surface area (Å²) in [7, 11) is -2.83. The molecule has 0 spiro atoms. The highest BCUT2D eigenvalue weighted by atomic mass is 32.2. The quantitative estimate of drug-likeness (QED) is 0.769. The highest BCUT2D eigenvalue weighted by Gasteiger charge is 2.22. The third kappa shape index (κ3) is 3.59. The normalized spacial score (nSPS) is 16.3. The number of carbonyl (C=O) groups excluding carboxylic acids is 1. The minimum absolute atomic E-state index is 0.139. The van der Waals surface area contributed by atoms with Crippen LogP contribution in [0.25, 0.3) is 11.3 Å². The standard InChI is InChI=1S/C16H18FN3O3S/c1-10(2)14-13(9-21)15(11-5-7-12(17)8-6-11)19-16(18-14)20(3)24(4,22)23/h5-10H,1-4H3/i1D3,2D3. The second kappa shape index (κ2) is 6.64. The van der Waals surface area contributed by atoms with E-state index in [-0.39, 0.29) is 17.5 Å². The lowest BCUT2D eigenvalue weighted by atomic mass is 9.99. The fraction of sp³-hybridized carbons (Fsp3) is 0.312. The number of hydrogen-bond acceptors (Lipinski definition) is 5. The monoisotopic (exact) mass is 357 g/mol. The smallest absolute Gasteiger partial charge is 0.239 e. The number of carbonyl (C=O) groups is 1. The number of sulfonamides is 1. The highest BCUT2D eigenvalue weighted by Crippen LogP contribution is 2.29. The molecule has 2 rings (SSSR count). The molecule has 1 heterocycles. The summed E-state index contributed by atoms with van der Waals surface area (Å²) in [5, 5.41) is 0. The fourth-order valence-electron chi connectivity index (χ4n) is 1.93. The lowest BCUT2D eigenvalue weighted by molar-refractivity contribution is 0.112. The van der Waals surface area contributed by atoms with Crippen LogP contribution in [0.2, 0.25) is 0 Å². The van der Waals surface area contributed by atoms with E-state index in [4.69, 9.17) is 8.22 Å². The Labute approximate surface area is 148 Å². The van der Waals surface area contributed by atoms with Crippen LogP contribution in [0.3, 0.4) is 0 Å². The number of aromatic nitrogens is 2. The molecule has 1 aromatic heterocycles. The average molecular weight is 357 g/mol. The van der Waals surface area contributed by atoms with Gasteiger partial charge in [-0.3, -0.25) is 4.79 Å². The van der Waals surface area contributed by atoms with Crippen LogP contribution >= 0.6 is 0 Å². The number of aldehydes is 1. The van der Waals surface area contributed by atoms with Crippen molar-refractivity contribution in [3.63, 3.8) is 0 Å². The molecule has 0 amide bonds. The lowest BCUT2D eigenvalue weighted by Crippen LogP contribution is -2.27. The maximum Gasteiger partial charge on any atom is 0.239 e. The Bertz CT molecular complexity index is 1040. The summed E-state index contributed by atoms with van der Waals surface area (Å²) >= 11 is 0. The van der Waals surface area contributed by atoms with Gasteiger partial charge in [0, 0.05) is 20.8 Å². The van der Waals surface area contributed by atoms with Gasteiger partial charge in [-0.05, 0) is 30.2 Å². The summed E-state index contributed by atoms with van der Waals surface area (Å²) in [6, 6.07) is 4.57. The van der Waals surface area contributed by atoms with Gasteiger partial charge in [0.2, 0.25) is 16.0 Å². The molecule has 0 aliphatic heterocycles. The lowest BCUT2D eigenvalue weighted by Gasteiger charge is -2.19. The molecule has 0 aliphatic carbocycles. The molecule has 24 heavy (non-hydrogen) atoms. The van der Waals surface area contributed by atoms with Crippen LogP contribution in [0.5, 0.6) is 0 Å². The third-order valence-corrected chi connectivity index (χ3v) is 4.41. The van der Waals surface area contributed by atoms with Crippen LogP contribution in [0, 0.1) is 5.82 Å². The molecule has 0 unspecified atom stereocenters. The van der Waals surface area contributed by atoms with Crippen molar-refractivity contribution < 1.29 is 25.8 Å². The number of anilines is 1. The van der Waals surface area contributed by atoms with Gasteiger partial charge >= 0.3 is 0 Å². The van der Waals surface area contributed by atoms with Crippen LogP contribution in [0.4, 0.5) is 10.3 Å². The molecule has 0 atom stereocenters. The van der Waals surface area contributed by atoms with Crippen molar-refractivity contribution in [2.75, 3.05) is 17.6 Å². The molecule has 0 saturated carbocycles. The maximum atomic E-state index is 13.3. The van der Waals surface area contributed by atoms with Gasteiger partial charge < -0.3 is 0 Å². The summed E-state index contributed by atoms with van der Waals surface area (Å²) in [6.45, 7) is -6.20. The van der Waals surface area contributed by atoms with E-state index in [9.17, 15) is 17.6 Å². The Morgan fingerprint density at radius 1 is 1.25 bits per heavy atom. The molecular weight excluding hydrogens is 333 g/mol. The zero-order valence-corrected chi connectivity index (χ0v) is 13.6. The van der Waals surface area contributed by atoms with Crippen molar-refractivity contribution in [3.8, 4) is 11.3 Å². The summed E-state index contributed by atoms with van der Waals surface area (Å²) in [5.41, 5.74) is -1.17. The first-order valence-electron chi connectivity index (χ1n) is 9.64. The van der Waals surface area contributed by atoms with Gasteiger partial charge in [0.15, 0.2) is 6.29 Å². The zero-order valence-electron chi connectivity index (χ0n) is 18.8. The molecule has 1 aromatic carbocycles. The minimum atomic E-state index is -3.92. The van der Waals surface area contributed by atoms with Gasteiger partial charge in [0.1, 0.15) is 5.82 Å². The molecular formula is C16H18FN3O3S. The largest absolute Gasteiger partial charge is 0.298 e. The first-order valence-corrected chi connectivity index (χ1v) is 8.49. The summed E-state index contributed by atoms with van der Waals surface area (Å²) in [5.74, 6) is -3.33. The summed E-state index contributed by atoms with van der Waals surface area (Å²) in [4.78, 5) is 19.8. The fourth-order valence-corrected chi connectivity index (χ4v) is 2.31. The van der Waals surface area contributed by atoms with Gasteiger partial charge in [-0.2, -0.15) is 0 Å². The van der Waals surface area contributed by atoms with Crippen LogP contribution in [-0.2, 0) is 10.0 Å². The predicted octanol–water partition coefficient (Wildman–Crippen LogP) is 2.61. The second-order valence-electron chi connectivity index (χ2n) is 4.96. The molecule has 2 aromatic rings. The number of halogens is 1. The predicted molar refractivity (Wildman–Crippen MR) is 90.1 cm³/mol. The third-order valence-electron chi connectivity index (χ3n) is 3.25. The van der Waals surface area contributed by atoms with Gasteiger partial charge in [0.25, 0.3) is 0 Å². The SMILES string of the molecule is [2H]C([2H])([2H])C(c1nc(N(C)S(C)(=O)=O)nc(-c2ccc(F)cc2)c1C=O)C([2H])([2H])[2H]. The maximum absolute atomic E-state index is 13.3. The van der Waals surface area contributed by atoms with E-state index in [0.29, 0.717) is 4.31 Å². The highest BCUT2D eigenvalue weighted by molar-refractivity contribution is 7.92. The molecule has 0 saturated heterocycles. The van der Waals surface area contributed by atoms with Crippen molar-refractivity contribution in [3.05, 3.63) is 41.3 Å². The Balaban J connectivity index is 2.97. The van der Waals surface area contributed by atoms with Crippen molar-refractivity contribution in [1.29, 1.82) is 0 Å². The van der Waals surface area contributed by atoms with E-state index in [1.165, 1.54) is 12.1 Å². The molecule has 128 valence electrons. The molecule has 0 fully saturated rings. The molecule has 8 heteroatoms. The van der Waals surface area contributed by atoms with Crippen LogP contribution in [0.15, 0.2) is 24.3 Å². The number of rotatable bonds is 5. The summed E-state index contributed by atoms with van der Waals surface area (Å²) < 4.78 is 83.9. The minimum Gasteiger partial charge on any atom is -0.298 e. The van der Waals surface area contributed by atoms with Crippen LogP contribution in [-0.4, -0.2) is 38.0 Å². The number of nitrogens with zero attached hydrogens (tertiary/aromatic N) is 3. The van der Waals surface area contributed by atoms with Gasteiger partial charge in [-0.25, -0.2) is 27.1 Å². The van der Waals surface area contributed by atoms with Crippen LogP contribution in [0.1, 0.15) is 43.9 Å². The van der Waals surface area contributed by atoms with Crippen molar-refractivity contribution in [2.45, 2.75) is 19.6 Å². The molecule has 0 N–H and O–H groups in total. The van der Waals surface area contributed by atoms with E-state index >= 15 is 0 Å². The van der Waals surface area contributed by atoms with Crippen molar-refractivity contribution in [1.82, 2.24) is 9.97 Å². The Hall–Kier alpha value is -2.35. The molecule has 0 aliphatic rings. The van der Waals surface area contributed by atoms with E-state index < -0.39 is 52.7 Å². The number of benzene rings is 1. The first-order chi connectivity index (χ1) is 13.6. The first kappa shape index (κ1) is 11.2. The van der Waals surface area contributed by atoms with Gasteiger partial charge in [0.05, 0.1) is 23.2 Å². The van der Waals surface area contributed by atoms with E-state index in [1.807, 2.05) is 0 Å². The van der Waals surface area contributed by atoms with Gasteiger partial charge in [-0.1, -0.05) is 13.7 Å². The Morgan fingerprint density at radius 3 is 2.38 bits per heavy atom. The molecule has 0 radical (unpaired) electrons. The van der Waals surface area contributed by atoms with E-state index in [1.54, 1.807) is 0 Å². The Kier molecular flexibility index (Phi) is 3.11. The van der Waals surface area contributed by atoms with Crippen molar-refractivity contribution >= 4 is 22.3 Å². The average Bonchev–Trinajstić information content (AvgIpc) is 2.57. The van der Waals surface area contributed by atoms with E-state index in [2.05, 4.69) is 9.97 Å². The second-order valence-corrected chi connectivity index (χ2v) is 6.97.